The number of carbonyl (C=O) groups is 2. The summed E-state index contributed by atoms with van der Waals surface area (Å²) in [5.41, 5.74) is 8.51. The molecule has 0 bridgehead atoms. The maximum absolute atomic E-state index is 13.3. The van der Waals surface area contributed by atoms with Crippen molar-refractivity contribution >= 4 is 29.7 Å². The van der Waals surface area contributed by atoms with E-state index in [1.54, 1.807) is 41.8 Å². The van der Waals surface area contributed by atoms with Gasteiger partial charge in [0, 0.05) is 60.8 Å². The fraction of sp³-hybridized carbons (Fsp3) is 0.346. The molecule has 0 unspecified atom stereocenters. The van der Waals surface area contributed by atoms with Crippen LogP contribution in [0.5, 0.6) is 0 Å². The topological polar surface area (TPSA) is 136 Å². The number of rotatable bonds is 7. The summed E-state index contributed by atoms with van der Waals surface area (Å²) >= 11 is 0. The smallest absolute Gasteiger partial charge is 0.382 e. The number of nitrogens with one attached hydrogen (secondary N) is 2. The van der Waals surface area contributed by atoms with E-state index in [0.717, 1.165) is 6.34 Å². The first-order valence-electron chi connectivity index (χ1n) is 12.2. The number of nitrogens with two attached hydrogens (primary N) is 1. The Balaban J connectivity index is 1.69. The van der Waals surface area contributed by atoms with Crippen LogP contribution in [0, 0.1) is 5.41 Å². The van der Waals surface area contributed by atoms with Gasteiger partial charge in [-0.25, -0.2) is 4.99 Å². The van der Waals surface area contributed by atoms with E-state index >= 15 is 0 Å². The van der Waals surface area contributed by atoms with Crippen molar-refractivity contribution in [2.24, 2.45) is 10.7 Å². The third-order valence-corrected chi connectivity index (χ3v) is 6.69. The standard InChI is InChI=1S/C26H29F3N8O2/c1-16(38)37-10-9-36(24(39)25(37,2)3)19-6-4-5-17(11-19)21-12-20(22(34-21)23(31)32-15-30)18-13-33-35(14-18)8-7-26(27,28)29/h4-6,11-15,34H,7-10H2,1-3H3,(H3,30,31,32). The van der Waals surface area contributed by atoms with Crippen molar-refractivity contribution in [1.29, 1.82) is 5.41 Å². The normalized spacial score (nSPS) is 16.1. The summed E-state index contributed by atoms with van der Waals surface area (Å²) in [6.45, 7) is 5.28. The Morgan fingerprint density at radius 3 is 2.67 bits per heavy atom. The van der Waals surface area contributed by atoms with Crippen molar-refractivity contribution < 1.29 is 22.8 Å². The molecule has 0 atom stereocenters. The van der Waals surface area contributed by atoms with E-state index < -0.39 is 18.1 Å². The second-order valence-electron chi connectivity index (χ2n) is 9.71. The third-order valence-electron chi connectivity index (χ3n) is 6.69. The number of halogens is 3. The lowest BCUT2D eigenvalue weighted by Gasteiger charge is -2.45. The van der Waals surface area contributed by atoms with Crippen LogP contribution < -0.4 is 10.6 Å². The Morgan fingerprint density at radius 1 is 1.26 bits per heavy atom. The molecule has 0 spiro atoms. The molecular weight excluding hydrogens is 513 g/mol. The molecule has 1 fully saturated rings. The number of alkyl halides is 3. The highest BCUT2D eigenvalue weighted by molar-refractivity contribution is 6.06. The van der Waals surface area contributed by atoms with Crippen LogP contribution in [0.25, 0.3) is 22.4 Å². The van der Waals surface area contributed by atoms with Crippen LogP contribution >= 0.6 is 0 Å². The SMILES string of the molecule is CC(=O)N1CCN(c2cccc(-c3cc(-c4cnn(CCC(F)(F)F)c4)c(/C(N)=N\C=N)[nH]3)c2)C(=O)C1(C)C. The molecule has 39 heavy (non-hydrogen) atoms. The van der Waals surface area contributed by atoms with Crippen LogP contribution in [0.15, 0.2) is 47.7 Å². The zero-order valence-corrected chi connectivity index (χ0v) is 21.7. The summed E-state index contributed by atoms with van der Waals surface area (Å²) in [6, 6.07) is 9.04. The fourth-order valence-corrected chi connectivity index (χ4v) is 4.71. The minimum Gasteiger partial charge on any atom is -0.382 e. The molecule has 1 aliphatic rings. The summed E-state index contributed by atoms with van der Waals surface area (Å²) in [7, 11) is 0. The van der Waals surface area contributed by atoms with Gasteiger partial charge < -0.3 is 20.5 Å². The number of carbonyl (C=O) groups excluding carboxylic acids is 2. The largest absolute Gasteiger partial charge is 0.390 e. The first kappa shape index (κ1) is 27.6. The zero-order chi connectivity index (χ0) is 28.5. The van der Waals surface area contributed by atoms with E-state index in [1.807, 2.05) is 12.1 Å². The predicted molar refractivity (Wildman–Crippen MR) is 141 cm³/mol. The van der Waals surface area contributed by atoms with Gasteiger partial charge in [-0.2, -0.15) is 18.3 Å². The molecule has 13 heteroatoms. The highest BCUT2D eigenvalue weighted by atomic mass is 19.4. The van der Waals surface area contributed by atoms with Gasteiger partial charge in [-0.3, -0.25) is 19.7 Å². The lowest BCUT2D eigenvalue weighted by molar-refractivity contribution is -0.145. The summed E-state index contributed by atoms with van der Waals surface area (Å²) in [6.07, 6.45) is -1.59. The Kier molecular flexibility index (Phi) is 7.35. The van der Waals surface area contributed by atoms with Crippen LogP contribution in [-0.4, -0.2) is 68.5 Å². The molecule has 0 saturated carbocycles. The number of hydrogen-bond donors (Lipinski definition) is 3. The van der Waals surface area contributed by atoms with Gasteiger partial charge in [0.25, 0.3) is 5.91 Å². The second kappa shape index (κ2) is 10.4. The summed E-state index contributed by atoms with van der Waals surface area (Å²) in [4.78, 5) is 35.6. The Bertz CT molecular complexity index is 1440. The van der Waals surface area contributed by atoms with Gasteiger partial charge >= 0.3 is 6.18 Å². The van der Waals surface area contributed by atoms with Crippen molar-refractivity contribution in [1.82, 2.24) is 19.7 Å². The number of aromatic nitrogens is 3. The van der Waals surface area contributed by atoms with E-state index in [0.29, 0.717) is 46.9 Å². The van der Waals surface area contributed by atoms with E-state index in [9.17, 15) is 22.8 Å². The average molecular weight is 543 g/mol. The van der Waals surface area contributed by atoms with E-state index in [2.05, 4.69) is 15.1 Å². The van der Waals surface area contributed by atoms with E-state index in [1.165, 1.54) is 24.0 Å². The molecule has 0 radical (unpaired) electrons. The van der Waals surface area contributed by atoms with E-state index in [-0.39, 0.29) is 24.2 Å². The average Bonchev–Trinajstić information content (AvgIpc) is 3.51. The van der Waals surface area contributed by atoms with Crippen LogP contribution in [0.1, 0.15) is 32.9 Å². The van der Waals surface area contributed by atoms with Crippen molar-refractivity contribution in [3.63, 3.8) is 0 Å². The second-order valence-corrected chi connectivity index (χ2v) is 9.71. The molecule has 4 N–H and O–H groups in total. The summed E-state index contributed by atoms with van der Waals surface area (Å²) in [5.74, 6) is -0.357. The number of amides is 2. The highest BCUT2D eigenvalue weighted by Gasteiger charge is 2.43. The molecule has 3 aromatic rings. The molecule has 1 aromatic carbocycles. The third kappa shape index (κ3) is 5.71. The molecule has 2 aromatic heterocycles. The predicted octanol–water partition coefficient (Wildman–Crippen LogP) is 3.78. The van der Waals surface area contributed by atoms with Crippen LogP contribution in [0.2, 0.25) is 0 Å². The minimum absolute atomic E-state index is 0.0164. The Morgan fingerprint density at radius 2 is 2.00 bits per heavy atom. The fourth-order valence-electron chi connectivity index (χ4n) is 4.71. The van der Waals surface area contributed by atoms with Crippen molar-refractivity contribution in [3.05, 3.63) is 48.4 Å². The number of aliphatic imine (C=N–C) groups is 1. The number of amidine groups is 1. The molecular formula is C26H29F3N8O2. The molecule has 1 aliphatic heterocycles. The molecule has 206 valence electrons. The molecule has 1 saturated heterocycles. The van der Waals surface area contributed by atoms with Gasteiger partial charge in [0.15, 0.2) is 0 Å². The number of benzene rings is 1. The first-order valence-corrected chi connectivity index (χ1v) is 12.2. The lowest BCUT2D eigenvalue weighted by Crippen LogP contribution is -2.64. The summed E-state index contributed by atoms with van der Waals surface area (Å²) < 4.78 is 39.2. The number of nitrogens with zero attached hydrogens (tertiary/aromatic N) is 5. The number of anilines is 1. The van der Waals surface area contributed by atoms with E-state index in [4.69, 9.17) is 11.1 Å². The quantitative estimate of drug-likeness (QED) is 0.309. The van der Waals surface area contributed by atoms with Gasteiger partial charge in [-0.15, -0.1) is 0 Å². The summed E-state index contributed by atoms with van der Waals surface area (Å²) in [5, 5.41) is 11.3. The van der Waals surface area contributed by atoms with Crippen LogP contribution in [0.3, 0.4) is 0 Å². The van der Waals surface area contributed by atoms with Crippen LogP contribution in [-0.2, 0) is 16.1 Å². The number of aromatic amines is 1. The Labute approximate surface area is 222 Å². The molecule has 4 rings (SSSR count). The van der Waals surface area contributed by atoms with Crippen molar-refractivity contribution in [2.45, 2.75) is 45.5 Å². The Hall–Kier alpha value is -4.42. The van der Waals surface area contributed by atoms with Crippen molar-refractivity contribution in [3.8, 4) is 22.4 Å². The maximum atomic E-state index is 13.3. The molecule has 0 aliphatic carbocycles. The molecule has 3 heterocycles. The molecule has 2 amide bonds. The van der Waals surface area contributed by atoms with Crippen LogP contribution in [0.4, 0.5) is 18.9 Å². The monoisotopic (exact) mass is 542 g/mol. The highest BCUT2D eigenvalue weighted by Crippen LogP contribution is 2.33. The van der Waals surface area contributed by atoms with Gasteiger partial charge in [-0.1, -0.05) is 12.1 Å². The number of H-pyrrole nitrogens is 1. The van der Waals surface area contributed by atoms with Gasteiger partial charge in [0.2, 0.25) is 5.91 Å². The van der Waals surface area contributed by atoms with Gasteiger partial charge in [0.05, 0.1) is 18.3 Å². The minimum atomic E-state index is -4.31. The molecule has 10 nitrogen and oxygen atoms in total. The number of piperazine rings is 1. The van der Waals surface area contributed by atoms with Gasteiger partial charge in [-0.05, 0) is 32.0 Å². The number of hydrogen-bond acceptors (Lipinski definition) is 4. The number of aryl methyl sites for hydroxylation is 1. The maximum Gasteiger partial charge on any atom is 0.390 e. The van der Waals surface area contributed by atoms with Crippen molar-refractivity contribution in [2.75, 3.05) is 18.0 Å². The zero-order valence-electron chi connectivity index (χ0n) is 21.7. The first-order chi connectivity index (χ1) is 18.3. The van der Waals surface area contributed by atoms with Gasteiger partial charge in [0.1, 0.15) is 17.7 Å². The lowest BCUT2D eigenvalue weighted by atomic mass is 9.96.